The molecule has 0 amide bonds. The maximum Gasteiger partial charge on any atom is 0.188 e. The summed E-state index contributed by atoms with van der Waals surface area (Å²) in [4.78, 5) is 25.8. The number of fused-ring (bicyclic) bond motifs is 1. The van der Waals surface area contributed by atoms with Gasteiger partial charge < -0.3 is 0 Å². The Morgan fingerprint density at radius 3 is 2.91 bits per heavy atom. The second-order valence-electron chi connectivity index (χ2n) is 6.73. The summed E-state index contributed by atoms with van der Waals surface area (Å²) in [7, 11) is 0. The third kappa shape index (κ3) is 3.98. The molecule has 2 heterocycles. The van der Waals surface area contributed by atoms with Crippen LogP contribution in [0.25, 0.3) is 0 Å². The Morgan fingerprint density at radius 2 is 2.13 bits per heavy atom. The second-order valence-corrected chi connectivity index (χ2v) is 8.61. The summed E-state index contributed by atoms with van der Waals surface area (Å²) >= 11 is 3.31. The zero-order chi connectivity index (χ0) is 16.4. The Morgan fingerprint density at radius 1 is 1.30 bits per heavy atom. The van der Waals surface area contributed by atoms with E-state index in [1.807, 2.05) is 0 Å². The molecular formula is C17H21N3OS2. The fourth-order valence-corrected chi connectivity index (χ4v) is 4.50. The van der Waals surface area contributed by atoms with Crippen molar-refractivity contribution in [2.45, 2.75) is 57.4 Å². The number of aromatic nitrogens is 3. The number of hydrogen-bond donors (Lipinski definition) is 0. The lowest BCUT2D eigenvalue weighted by atomic mass is 9.76. The van der Waals surface area contributed by atoms with Crippen LogP contribution >= 0.6 is 23.1 Å². The minimum Gasteiger partial charge on any atom is -0.294 e. The molecule has 6 heteroatoms. The quantitative estimate of drug-likeness (QED) is 0.595. The summed E-state index contributed by atoms with van der Waals surface area (Å²) in [6.07, 6.45) is 5.28. The maximum absolute atomic E-state index is 12.2. The number of ketones is 1. The van der Waals surface area contributed by atoms with Gasteiger partial charge in [-0.1, -0.05) is 32.5 Å². The summed E-state index contributed by atoms with van der Waals surface area (Å²) in [5.74, 6) is 0.938. The van der Waals surface area contributed by atoms with Crippen molar-refractivity contribution in [3.05, 3.63) is 33.5 Å². The van der Waals surface area contributed by atoms with Crippen LogP contribution in [0.3, 0.4) is 0 Å². The summed E-state index contributed by atoms with van der Waals surface area (Å²) in [6, 6.07) is 0. The highest BCUT2D eigenvalue weighted by Gasteiger charge is 2.32. The zero-order valence-corrected chi connectivity index (χ0v) is 15.4. The largest absolute Gasteiger partial charge is 0.294 e. The summed E-state index contributed by atoms with van der Waals surface area (Å²) in [5, 5.41) is 4.05. The van der Waals surface area contributed by atoms with Crippen molar-refractivity contribution in [2.75, 3.05) is 0 Å². The average Bonchev–Trinajstić information content (AvgIpc) is 2.91. The number of thioether (sulfide) groups is 1. The van der Waals surface area contributed by atoms with Gasteiger partial charge in [0.15, 0.2) is 10.9 Å². The Labute approximate surface area is 145 Å². The van der Waals surface area contributed by atoms with E-state index in [1.165, 1.54) is 5.01 Å². The fraction of sp³-hybridized carbons (Fsp3) is 0.529. The fourth-order valence-electron chi connectivity index (χ4n) is 2.76. The van der Waals surface area contributed by atoms with Crippen LogP contribution in [-0.4, -0.2) is 20.7 Å². The molecule has 0 aromatic carbocycles. The van der Waals surface area contributed by atoms with Crippen molar-refractivity contribution in [3.8, 4) is 0 Å². The van der Waals surface area contributed by atoms with Crippen LogP contribution < -0.4 is 0 Å². The Bertz CT molecular complexity index is 724. The summed E-state index contributed by atoms with van der Waals surface area (Å²) in [6.45, 7) is 6.40. The highest BCUT2D eigenvalue weighted by atomic mass is 32.2. The van der Waals surface area contributed by atoms with Gasteiger partial charge in [-0.3, -0.25) is 4.79 Å². The molecule has 0 fully saturated rings. The van der Waals surface area contributed by atoms with Gasteiger partial charge in [0.2, 0.25) is 0 Å². The standard InChI is InChI=1S/C17H21N3OS2/c1-4-5-15-19-11(9-22-15)10-23-16-18-8-12-13(20-16)6-17(2,3)7-14(12)21/h8-9H,4-7,10H2,1-3H3. The van der Waals surface area contributed by atoms with Gasteiger partial charge in [-0.2, -0.15) is 0 Å². The first-order chi connectivity index (χ1) is 11.0. The van der Waals surface area contributed by atoms with Crippen LogP contribution in [-0.2, 0) is 18.6 Å². The molecule has 0 saturated heterocycles. The molecule has 1 aliphatic rings. The predicted octanol–water partition coefficient (Wildman–Crippen LogP) is 4.33. The van der Waals surface area contributed by atoms with E-state index in [0.717, 1.165) is 41.6 Å². The SMILES string of the molecule is CCCc1nc(CSc2ncc3c(n2)CC(C)(C)CC3=O)cs1. The lowest BCUT2D eigenvalue weighted by molar-refractivity contribution is 0.0909. The minimum atomic E-state index is -0.00958. The minimum absolute atomic E-state index is 0.00958. The Hall–Kier alpha value is -1.27. The van der Waals surface area contributed by atoms with Crippen molar-refractivity contribution in [1.82, 2.24) is 15.0 Å². The highest BCUT2D eigenvalue weighted by Crippen LogP contribution is 2.34. The van der Waals surface area contributed by atoms with Gasteiger partial charge in [0.25, 0.3) is 0 Å². The van der Waals surface area contributed by atoms with Crippen molar-refractivity contribution in [2.24, 2.45) is 5.41 Å². The smallest absolute Gasteiger partial charge is 0.188 e. The molecule has 0 radical (unpaired) electrons. The van der Waals surface area contributed by atoms with Crippen LogP contribution in [0, 0.1) is 5.41 Å². The van der Waals surface area contributed by atoms with Gasteiger partial charge in [0.05, 0.1) is 22.0 Å². The number of thiazole rings is 1. The van der Waals surface area contributed by atoms with Gasteiger partial charge in [0, 0.05) is 23.8 Å². The Kier molecular flexibility index (Phi) is 4.82. The van der Waals surface area contributed by atoms with Crippen molar-refractivity contribution in [1.29, 1.82) is 0 Å². The Balaban J connectivity index is 1.70. The molecular weight excluding hydrogens is 326 g/mol. The van der Waals surface area contributed by atoms with Gasteiger partial charge in [0.1, 0.15) is 0 Å². The highest BCUT2D eigenvalue weighted by molar-refractivity contribution is 7.98. The van der Waals surface area contributed by atoms with E-state index in [-0.39, 0.29) is 11.2 Å². The van der Waals surface area contributed by atoms with E-state index < -0.39 is 0 Å². The number of nitrogens with zero attached hydrogens (tertiary/aromatic N) is 3. The van der Waals surface area contributed by atoms with Crippen LogP contribution in [0.4, 0.5) is 0 Å². The molecule has 1 aliphatic carbocycles. The van der Waals surface area contributed by atoms with E-state index in [9.17, 15) is 4.79 Å². The van der Waals surface area contributed by atoms with Crippen LogP contribution in [0.1, 0.15) is 60.4 Å². The molecule has 0 bridgehead atoms. The van der Waals surface area contributed by atoms with Gasteiger partial charge >= 0.3 is 0 Å². The van der Waals surface area contributed by atoms with Crippen molar-refractivity contribution >= 4 is 28.9 Å². The van der Waals surface area contributed by atoms with Gasteiger partial charge in [-0.15, -0.1) is 11.3 Å². The number of hydrogen-bond acceptors (Lipinski definition) is 6. The molecule has 0 N–H and O–H groups in total. The third-order valence-corrected chi connectivity index (χ3v) is 5.70. The summed E-state index contributed by atoms with van der Waals surface area (Å²) in [5.41, 5.74) is 2.67. The number of Topliss-reactive ketones (excluding diaryl/α,β-unsaturated/α-hetero) is 1. The molecule has 2 aromatic heterocycles. The van der Waals surface area contributed by atoms with E-state index in [4.69, 9.17) is 0 Å². The van der Waals surface area contributed by atoms with E-state index in [2.05, 4.69) is 41.1 Å². The molecule has 0 spiro atoms. The molecule has 0 saturated carbocycles. The van der Waals surface area contributed by atoms with Crippen molar-refractivity contribution in [3.63, 3.8) is 0 Å². The third-order valence-electron chi connectivity index (χ3n) is 3.84. The van der Waals surface area contributed by atoms with E-state index >= 15 is 0 Å². The molecule has 2 aromatic rings. The lowest BCUT2D eigenvalue weighted by Crippen LogP contribution is -2.28. The number of carbonyl (C=O) groups excluding carboxylic acids is 1. The molecule has 23 heavy (non-hydrogen) atoms. The summed E-state index contributed by atoms with van der Waals surface area (Å²) < 4.78 is 0. The number of carbonyl (C=O) groups is 1. The van der Waals surface area contributed by atoms with Crippen LogP contribution in [0.5, 0.6) is 0 Å². The van der Waals surface area contributed by atoms with Gasteiger partial charge in [-0.25, -0.2) is 15.0 Å². The number of rotatable bonds is 5. The molecule has 0 atom stereocenters. The predicted molar refractivity (Wildman–Crippen MR) is 94.1 cm³/mol. The van der Waals surface area contributed by atoms with Crippen LogP contribution in [0.15, 0.2) is 16.7 Å². The topological polar surface area (TPSA) is 55.7 Å². The first-order valence-electron chi connectivity index (χ1n) is 7.92. The van der Waals surface area contributed by atoms with Gasteiger partial charge in [-0.05, 0) is 24.7 Å². The maximum atomic E-state index is 12.2. The number of aryl methyl sites for hydroxylation is 1. The van der Waals surface area contributed by atoms with Crippen molar-refractivity contribution < 1.29 is 4.79 Å². The normalized spacial score (nSPS) is 16.4. The lowest BCUT2D eigenvalue weighted by Gasteiger charge is -2.29. The molecule has 122 valence electrons. The molecule has 0 aliphatic heterocycles. The average molecular weight is 348 g/mol. The molecule has 4 nitrogen and oxygen atoms in total. The zero-order valence-electron chi connectivity index (χ0n) is 13.8. The molecule has 3 rings (SSSR count). The van der Waals surface area contributed by atoms with E-state index in [1.54, 1.807) is 29.3 Å². The first kappa shape index (κ1) is 16.6. The van der Waals surface area contributed by atoms with E-state index in [0.29, 0.717) is 12.0 Å². The second kappa shape index (κ2) is 6.69. The van der Waals surface area contributed by atoms with Crippen LogP contribution in [0.2, 0.25) is 0 Å². The molecule has 0 unspecified atom stereocenters. The first-order valence-corrected chi connectivity index (χ1v) is 9.78. The monoisotopic (exact) mass is 347 g/mol.